The smallest absolute Gasteiger partial charge is 0.168 e. The van der Waals surface area contributed by atoms with Crippen LogP contribution >= 0.6 is 0 Å². The summed E-state index contributed by atoms with van der Waals surface area (Å²) in [6.45, 7) is 4.03. The number of anilines is 1. The highest BCUT2D eigenvalue weighted by Crippen LogP contribution is 2.37. The van der Waals surface area contributed by atoms with Gasteiger partial charge in [-0.2, -0.15) is 0 Å². The maximum atomic E-state index is 12.6. The van der Waals surface area contributed by atoms with E-state index in [1.165, 1.54) is 0 Å². The highest BCUT2D eigenvalue weighted by atomic mass is 16.1. The fourth-order valence-corrected chi connectivity index (χ4v) is 2.76. The minimum atomic E-state index is -0.272. The van der Waals surface area contributed by atoms with Gasteiger partial charge in [0.05, 0.1) is 0 Å². The van der Waals surface area contributed by atoms with Crippen molar-refractivity contribution in [2.24, 2.45) is 5.41 Å². The van der Waals surface area contributed by atoms with Crippen LogP contribution in [0.2, 0.25) is 0 Å². The molecular formula is C17H18N2O. The summed E-state index contributed by atoms with van der Waals surface area (Å²) < 4.78 is 0. The van der Waals surface area contributed by atoms with Gasteiger partial charge < -0.3 is 5.73 Å². The number of aryl methyl sites for hydroxylation is 1. The number of nitrogens with zero attached hydrogens (tertiary/aromatic N) is 1. The van der Waals surface area contributed by atoms with Crippen molar-refractivity contribution in [2.45, 2.75) is 26.7 Å². The zero-order chi connectivity index (χ0) is 14.3. The molecule has 0 fully saturated rings. The number of carbonyl (C=O) groups is 1. The molecule has 0 atom stereocenters. The molecule has 102 valence electrons. The molecule has 0 radical (unpaired) electrons. The number of aromatic nitrogens is 1. The Balaban J connectivity index is 2.12. The number of ketones is 1. The van der Waals surface area contributed by atoms with E-state index in [1.54, 1.807) is 6.20 Å². The second-order valence-corrected chi connectivity index (χ2v) is 6.02. The summed E-state index contributed by atoms with van der Waals surface area (Å²) in [5.41, 5.74) is 9.46. The number of Topliss-reactive ketones (excluding diaryl/α,β-unsaturated/α-hetero) is 1. The lowest BCUT2D eigenvalue weighted by Crippen LogP contribution is -2.30. The van der Waals surface area contributed by atoms with Crippen molar-refractivity contribution >= 4 is 11.6 Å². The standard InChI is InChI=1S/C17H18N2O/c1-17(2)8-7-11-5-6-12(10-14(11)15(17)20)13-4-3-9-19-16(13)18/h3-6,9-10H,7-8H2,1-2H3,(H2,18,19). The molecule has 1 aliphatic carbocycles. The van der Waals surface area contributed by atoms with Crippen molar-refractivity contribution in [2.75, 3.05) is 5.73 Å². The van der Waals surface area contributed by atoms with E-state index in [2.05, 4.69) is 4.98 Å². The number of fused-ring (bicyclic) bond motifs is 1. The van der Waals surface area contributed by atoms with Gasteiger partial charge in [-0.05, 0) is 42.2 Å². The lowest BCUT2D eigenvalue weighted by atomic mass is 9.73. The van der Waals surface area contributed by atoms with Crippen LogP contribution in [-0.4, -0.2) is 10.8 Å². The summed E-state index contributed by atoms with van der Waals surface area (Å²) in [6, 6.07) is 9.83. The predicted molar refractivity (Wildman–Crippen MR) is 80.5 cm³/mol. The molecule has 0 unspecified atom stereocenters. The van der Waals surface area contributed by atoms with Crippen molar-refractivity contribution < 1.29 is 4.79 Å². The summed E-state index contributed by atoms with van der Waals surface area (Å²) in [5.74, 6) is 0.720. The Bertz CT molecular complexity index is 689. The number of nitrogen functional groups attached to an aromatic ring is 1. The van der Waals surface area contributed by atoms with Gasteiger partial charge in [-0.3, -0.25) is 4.79 Å². The Morgan fingerprint density at radius 1 is 1.20 bits per heavy atom. The van der Waals surface area contributed by atoms with Gasteiger partial charge >= 0.3 is 0 Å². The van der Waals surface area contributed by atoms with E-state index in [0.717, 1.165) is 35.1 Å². The van der Waals surface area contributed by atoms with E-state index in [9.17, 15) is 4.79 Å². The molecule has 0 amide bonds. The zero-order valence-corrected chi connectivity index (χ0v) is 11.8. The topological polar surface area (TPSA) is 56.0 Å². The maximum Gasteiger partial charge on any atom is 0.168 e. The molecule has 3 rings (SSSR count). The molecule has 2 aromatic rings. The van der Waals surface area contributed by atoms with Crippen molar-refractivity contribution in [3.63, 3.8) is 0 Å². The van der Waals surface area contributed by atoms with Crippen LogP contribution in [0.15, 0.2) is 36.5 Å². The number of carbonyl (C=O) groups excluding carboxylic acids is 1. The molecule has 1 aliphatic rings. The number of hydrogen-bond donors (Lipinski definition) is 1. The summed E-state index contributed by atoms with van der Waals surface area (Å²) in [5, 5.41) is 0. The van der Waals surface area contributed by atoms with E-state index in [4.69, 9.17) is 5.73 Å². The zero-order valence-electron chi connectivity index (χ0n) is 11.8. The molecule has 0 saturated carbocycles. The minimum absolute atomic E-state index is 0.225. The van der Waals surface area contributed by atoms with Crippen molar-refractivity contribution in [3.8, 4) is 11.1 Å². The third kappa shape index (κ3) is 1.99. The summed E-state index contributed by atoms with van der Waals surface area (Å²) in [4.78, 5) is 16.7. The maximum absolute atomic E-state index is 12.6. The van der Waals surface area contributed by atoms with Crippen LogP contribution in [0, 0.1) is 5.41 Å². The van der Waals surface area contributed by atoms with Gasteiger partial charge in [-0.25, -0.2) is 4.98 Å². The molecule has 0 spiro atoms. The SMILES string of the molecule is CC1(C)CCc2ccc(-c3cccnc3N)cc2C1=O. The molecule has 0 saturated heterocycles. The van der Waals surface area contributed by atoms with E-state index < -0.39 is 0 Å². The second kappa shape index (κ2) is 4.44. The first-order valence-corrected chi connectivity index (χ1v) is 6.88. The normalized spacial score (nSPS) is 16.8. The van der Waals surface area contributed by atoms with E-state index in [1.807, 2.05) is 44.2 Å². The van der Waals surface area contributed by atoms with Gasteiger partial charge in [-0.15, -0.1) is 0 Å². The first-order valence-electron chi connectivity index (χ1n) is 6.88. The summed E-state index contributed by atoms with van der Waals surface area (Å²) >= 11 is 0. The summed E-state index contributed by atoms with van der Waals surface area (Å²) in [7, 11) is 0. The first kappa shape index (κ1) is 12.9. The Morgan fingerprint density at radius 2 is 2.00 bits per heavy atom. The molecule has 2 N–H and O–H groups in total. The number of benzene rings is 1. The molecule has 3 nitrogen and oxygen atoms in total. The fourth-order valence-electron chi connectivity index (χ4n) is 2.76. The van der Waals surface area contributed by atoms with Gasteiger partial charge in [-0.1, -0.05) is 26.0 Å². The molecule has 0 bridgehead atoms. The van der Waals surface area contributed by atoms with Gasteiger partial charge in [0.15, 0.2) is 5.78 Å². The molecule has 20 heavy (non-hydrogen) atoms. The third-order valence-electron chi connectivity index (χ3n) is 4.14. The largest absolute Gasteiger partial charge is 0.383 e. The van der Waals surface area contributed by atoms with E-state index >= 15 is 0 Å². The molecule has 1 heterocycles. The van der Waals surface area contributed by atoms with Crippen molar-refractivity contribution in [3.05, 3.63) is 47.7 Å². The highest BCUT2D eigenvalue weighted by Gasteiger charge is 2.34. The molecule has 0 aliphatic heterocycles. The fraction of sp³-hybridized carbons (Fsp3) is 0.294. The van der Waals surface area contributed by atoms with Crippen LogP contribution in [0.4, 0.5) is 5.82 Å². The Morgan fingerprint density at radius 3 is 2.75 bits per heavy atom. The lowest BCUT2D eigenvalue weighted by molar-refractivity contribution is 0.0811. The first-order chi connectivity index (χ1) is 9.49. The quantitative estimate of drug-likeness (QED) is 0.859. The van der Waals surface area contributed by atoms with E-state index in [0.29, 0.717) is 5.82 Å². The number of nitrogens with two attached hydrogens (primary N) is 1. The third-order valence-corrected chi connectivity index (χ3v) is 4.14. The van der Waals surface area contributed by atoms with Crippen LogP contribution < -0.4 is 5.73 Å². The molecule has 1 aromatic carbocycles. The van der Waals surface area contributed by atoms with Crippen LogP contribution in [0.3, 0.4) is 0 Å². The van der Waals surface area contributed by atoms with Crippen molar-refractivity contribution in [1.29, 1.82) is 0 Å². The monoisotopic (exact) mass is 266 g/mol. The average Bonchev–Trinajstić information content (AvgIpc) is 2.44. The Labute approximate surface area is 118 Å². The van der Waals surface area contributed by atoms with Gasteiger partial charge in [0.2, 0.25) is 0 Å². The molecule has 1 aromatic heterocycles. The molecular weight excluding hydrogens is 248 g/mol. The Hall–Kier alpha value is -2.16. The van der Waals surface area contributed by atoms with Crippen LogP contribution in [-0.2, 0) is 6.42 Å². The lowest BCUT2D eigenvalue weighted by Gasteiger charge is -2.29. The van der Waals surface area contributed by atoms with Gasteiger partial charge in [0.1, 0.15) is 5.82 Å². The van der Waals surface area contributed by atoms with Crippen LogP contribution in [0.1, 0.15) is 36.2 Å². The van der Waals surface area contributed by atoms with Gasteiger partial charge in [0.25, 0.3) is 0 Å². The van der Waals surface area contributed by atoms with E-state index in [-0.39, 0.29) is 11.2 Å². The average molecular weight is 266 g/mol. The van der Waals surface area contributed by atoms with Crippen molar-refractivity contribution in [1.82, 2.24) is 4.98 Å². The minimum Gasteiger partial charge on any atom is -0.383 e. The highest BCUT2D eigenvalue weighted by molar-refractivity contribution is 6.03. The van der Waals surface area contributed by atoms with Gasteiger partial charge in [0, 0.05) is 22.7 Å². The number of pyridine rings is 1. The molecule has 3 heteroatoms. The van der Waals surface area contributed by atoms with Crippen LogP contribution in [0.25, 0.3) is 11.1 Å². The summed E-state index contributed by atoms with van der Waals surface area (Å²) in [6.07, 6.45) is 3.54. The van der Waals surface area contributed by atoms with Crippen LogP contribution in [0.5, 0.6) is 0 Å². The Kier molecular flexibility index (Phi) is 2.85. The number of rotatable bonds is 1. The number of hydrogen-bond acceptors (Lipinski definition) is 3. The second-order valence-electron chi connectivity index (χ2n) is 6.02. The predicted octanol–water partition coefficient (Wildman–Crippen LogP) is 3.49.